The lowest BCUT2D eigenvalue weighted by Gasteiger charge is -2.13. The summed E-state index contributed by atoms with van der Waals surface area (Å²) in [4.78, 5) is 11.8. The maximum absolute atomic E-state index is 11.8. The highest BCUT2D eigenvalue weighted by Gasteiger charge is 2.15. The number of benzene rings is 1. The highest BCUT2D eigenvalue weighted by Crippen LogP contribution is 2.29. The Hall–Kier alpha value is -2.28. The molecule has 112 valence electrons. The summed E-state index contributed by atoms with van der Waals surface area (Å²) in [5, 5.41) is 11.1. The molecule has 8 heteroatoms. The minimum Gasteiger partial charge on any atom is -0.465 e. The first kappa shape index (κ1) is 15.1. The Morgan fingerprint density at radius 1 is 1.52 bits per heavy atom. The molecule has 0 aliphatic carbocycles. The van der Waals surface area contributed by atoms with Crippen molar-refractivity contribution in [3.63, 3.8) is 0 Å². The van der Waals surface area contributed by atoms with Crippen molar-refractivity contribution < 1.29 is 9.53 Å². The molecule has 3 N–H and O–H groups in total. The zero-order valence-electron chi connectivity index (χ0n) is 11.5. The smallest absolute Gasteiger partial charge is 0.340 e. The molecule has 0 saturated heterocycles. The first-order chi connectivity index (χ1) is 10.1. The van der Waals surface area contributed by atoms with Gasteiger partial charge in [-0.3, -0.25) is 4.68 Å². The topological polar surface area (TPSA) is 95.1 Å². The lowest BCUT2D eigenvalue weighted by atomic mass is 10.1. The van der Waals surface area contributed by atoms with Gasteiger partial charge < -0.3 is 15.8 Å². The van der Waals surface area contributed by atoms with E-state index in [0.717, 1.165) is 6.42 Å². The maximum atomic E-state index is 11.8. The van der Waals surface area contributed by atoms with E-state index in [0.29, 0.717) is 35.1 Å². The number of carbonyl (C=O) groups is 1. The largest absolute Gasteiger partial charge is 0.465 e. The molecule has 2 aromatic rings. The van der Waals surface area contributed by atoms with Crippen LogP contribution < -0.4 is 11.1 Å². The summed E-state index contributed by atoms with van der Waals surface area (Å²) in [6.07, 6.45) is 4.21. The minimum atomic E-state index is -0.483. The Bertz CT molecular complexity index is 615. The van der Waals surface area contributed by atoms with Crippen LogP contribution in [0.4, 0.5) is 11.4 Å². The van der Waals surface area contributed by atoms with Gasteiger partial charge in [0.15, 0.2) is 0 Å². The van der Waals surface area contributed by atoms with E-state index in [9.17, 15) is 4.79 Å². The fraction of sp³-hybridized carbons (Fsp3) is 0.308. The lowest BCUT2D eigenvalue weighted by Crippen LogP contribution is -2.12. The van der Waals surface area contributed by atoms with Gasteiger partial charge in [-0.2, -0.15) is 0 Å². The van der Waals surface area contributed by atoms with Crippen LogP contribution in [-0.2, 0) is 11.3 Å². The van der Waals surface area contributed by atoms with Gasteiger partial charge >= 0.3 is 5.97 Å². The van der Waals surface area contributed by atoms with Gasteiger partial charge in [0, 0.05) is 25.0 Å². The quantitative estimate of drug-likeness (QED) is 0.480. The van der Waals surface area contributed by atoms with Gasteiger partial charge in [0.1, 0.15) is 0 Å². The number of methoxy groups -OCH3 is 1. The SMILES string of the molecule is COC(=O)c1cc(N)cc(Cl)c1NCCCn1ccnn1. The van der Waals surface area contributed by atoms with Gasteiger partial charge in [-0.25, -0.2) is 4.79 Å². The van der Waals surface area contributed by atoms with E-state index in [1.807, 2.05) is 0 Å². The molecule has 0 spiro atoms. The summed E-state index contributed by atoms with van der Waals surface area (Å²) in [5.74, 6) is -0.483. The third kappa shape index (κ3) is 3.85. The Balaban J connectivity index is 2.03. The van der Waals surface area contributed by atoms with E-state index in [1.165, 1.54) is 13.2 Å². The molecule has 0 amide bonds. The monoisotopic (exact) mass is 309 g/mol. The van der Waals surface area contributed by atoms with Crippen LogP contribution in [0.3, 0.4) is 0 Å². The maximum Gasteiger partial charge on any atom is 0.340 e. The van der Waals surface area contributed by atoms with Crippen LogP contribution in [0, 0.1) is 0 Å². The van der Waals surface area contributed by atoms with E-state index in [1.54, 1.807) is 23.1 Å². The van der Waals surface area contributed by atoms with Crippen LogP contribution in [0.5, 0.6) is 0 Å². The summed E-state index contributed by atoms with van der Waals surface area (Å²) in [6.45, 7) is 1.33. The number of esters is 1. The molecule has 0 atom stereocenters. The second-order valence-corrected chi connectivity index (χ2v) is 4.77. The molecule has 7 nitrogen and oxygen atoms in total. The molecule has 0 radical (unpaired) electrons. The van der Waals surface area contributed by atoms with Gasteiger partial charge in [-0.05, 0) is 18.6 Å². The number of halogens is 1. The number of nitrogens with one attached hydrogen (secondary N) is 1. The summed E-state index contributed by atoms with van der Waals surface area (Å²) in [5.41, 5.74) is 6.96. The van der Waals surface area contributed by atoms with Crippen molar-refractivity contribution >= 4 is 28.9 Å². The normalized spacial score (nSPS) is 10.4. The Morgan fingerprint density at radius 3 is 3.00 bits per heavy atom. The van der Waals surface area contributed by atoms with Gasteiger partial charge in [-0.1, -0.05) is 16.8 Å². The Morgan fingerprint density at radius 2 is 2.33 bits per heavy atom. The first-order valence-corrected chi connectivity index (χ1v) is 6.75. The van der Waals surface area contributed by atoms with Crippen LogP contribution in [0.1, 0.15) is 16.8 Å². The van der Waals surface area contributed by atoms with Crippen molar-refractivity contribution in [1.29, 1.82) is 0 Å². The fourth-order valence-corrected chi connectivity index (χ4v) is 2.18. The van der Waals surface area contributed by atoms with E-state index in [2.05, 4.69) is 15.6 Å². The molecule has 0 bridgehead atoms. The number of aryl methyl sites for hydroxylation is 1. The van der Waals surface area contributed by atoms with Crippen molar-refractivity contribution in [3.05, 3.63) is 35.1 Å². The van der Waals surface area contributed by atoms with Gasteiger partial charge in [0.2, 0.25) is 0 Å². The van der Waals surface area contributed by atoms with Crippen molar-refractivity contribution in [3.8, 4) is 0 Å². The third-order valence-electron chi connectivity index (χ3n) is 2.86. The molecule has 0 aliphatic heterocycles. The van der Waals surface area contributed by atoms with Crippen molar-refractivity contribution in [1.82, 2.24) is 15.0 Å². The summed E-state index contributed by atoms with van der Waals surface area (Å²) in [7, 11) is 1.31. The number of hydrogen-bond acceptors (Lipinski definition) is 6. The second kappa shape index (κ2) is 6.94. The van der Waals surface area contributed by atoms with E-state index < -0.39 is 5.97 Å². The fourth-order valence-electron chi connectivity index (χ4n) is 1.88. The lowest BCUT2D eigenvalue weighted by molar-refractivity contribution is 0.0602. The summed E-state index contributed by atoms with van der Waals surface area (Å²) >= 11 is 6.14. The van der Waals surface area contributed by atoms with Gasteiger partial charge in [-0.15, -0.1) is 5.10 Å². The van der Waals surface area contributed by atoms with E-state index >= 15 is 0 Å². The number of nitrogen functional groups attached to an aromatic ring is 1. The average molecular weight is 310 g/mol. The van der Waals surface area contributed by atoms with E-state index in [-0.39, 0.29) is 0 Å². The first-order valence-electron chi connectivity index (χ1n) is 6.37. The van der Waals surface area contributed by atoms with Gasteiger partial charge in [0.05, 0.1) is 29.6 Å². The van der Waals surface area contributed by atoms with Crippen LogP contribution in [0.15, 0.2) is 24.5 Å². The van der Waals surface area contributed by atoms with Crippen LogP contribution in [0.25, 0.3) is 0 Å². The summed E-state index contributed by atoms with van der Waals surface area (Å²) < 4.78 is 6.47. The number of anilines is 2. The zero-order chi connectivity index (χ0) is 15.2. The molecule has 1 aromatic heterocycles. The predicted molar refractivity (Wildman–Crippen MR) is 80.3 cm³/mol. The Labute approximate surface area is 127 Å². The minimum absolute atomic E-state index is 0.322. The van der Waals surface area contributed by atoms with Crippen molar-refractivity contribution in [2.45, 2.75) is 13.0 Å². The number of rotatable bonds is 6. The standard InChI is InChI=1S/C13H16ClN5O2/c1-21-13(20)10-7-9(15)8-11(14)12(10)16-3-2-5-19-6-4-17-18-19/h4,6-8,16H,2-3,5,15H2,1H3. The molecule has 21 heavy (non-hydrogen) atoms. The molecular formula is C13H16ClN5O2. The molecule has 0 fully saturated rings. The molecule has 2 rings (SSSR count). The number of ether oxygens (including phenoxy) is 1. The number of carbonyl (C=O) groups excluding carboxylic acids is 1. The molecule has 1 aromatic carbocycles. The molecule has 0 aliphatic rings. The predicted octanol–water partition coefficient (Wildman–Crippen LogP) is 1.80. The van der Waals surface area contributed by atoms with E-state index in [4.69, 9.17) is 22.1 Å². The highest BCUT2D eigenvalue weighted by atomic mass is 35.5. The van der Waals surface area contributed by atoms with Crippen LogP contribution in [0.2, 0.25) is 5.02 Å². The number of nitrogens with two attached hydrogens (primary N) is 1. The average Bonchev–Trinajstić information content (AvgIpc) is 2.97. The second-order valence-electron chi connectivity index (χ2n) is 4.36. The van der Waals surface area contributed by atoms with Crippen LogP contribution >= 0.6 is 11.6 Å². The van der Waals surface area contributed by atoms with Crippen molar-refractivity contribution in [2.24, 2.45) is 0 Å². The molecule has 0 saturated carbocycles. The summed E-state index contributed by atoms with van der Waals surface area (Å²) in [6, 6.07) is 3.13. The molecule has 1 heterocycles. The number of nitrogens with zero attached hydrogens (tertiary/aromatic N) is 3. The zero-order valence-corrected chi connectivity index (χ0v) is 12.3. The molecular weight excluding hydrogens is 294 g/mol. The molecule has 0 unspecified atom stereocenters. The van der Waals surface area contributed by atoms with Gasteiger partial charge in [0.25, 0.3) is 0 Å². The third-order valence-corrected chi connectivity index (χ3v) is 3.15. The van der Waals surface area contributed by atoms with Crippen LogP contribution in [-0.4, -0.2) is 34.6 Å². The number of hydrogen-bond donors (Lipinski definition) is 2. The highest BCUT2D eigenvalue weighted by molar-refractivity contribution is 6.34. The van der Waals surface area contributed by atoms with Crippen molar-refractivity contribution in [2.75, 3.05) is 24.7 Å². The number of aromatic nitrogens is 3. The Kier molecular flexibility index (Phi) is 4.99.